The van der Waals surface area contributed by atoms with E-state index in [1.54, 1.807) is 0 Å². The van der Waals surface area contributed by atoms with Gasteiger partial charge in [0.1, 0.15) is 18.1 Å². The first kappa shape index (κ1) is 26.5. The highest BCUT2D eigenvalue weighted by Gasteiger charge is 2.30. The first-order chi connectivity index (χ1) is 16.3. The molecule has 2 rings (SSSR count). The predicted octanol–water partition coefficient (Wildman–Crippen LogP) is -2.46. The summed E-state index contributed by atoms with van der Waals surface area (Å²) in [5, 5.41) is 17.1. The van der Waals surface area contributed by atoms with Gasteiger partial charge in [-0.3, -0.25) is 14.4 Å². The van der Waals surface area contributed by atoms with Crippen molar-refractivity contribution in [2.45, 2.75) is 50.2 Å². The number of unbranched alkanes of at least 4 members (excludes halogenated alkanes) is 1. The van der Waals surface area contributed by atoms with Crippen LogP contribution in [0.25, 0.3) is 0 Å². The van der Waals surface area contributed by atoms with Gasteiger partial charge in [0.25, 0.3) is 0 Å². The van der Waals surface area contributed by atoms with Crippen LogP contribution in [-0.4, -0.2) is 79.9 Å². The van der Waals surface area contributed by atoms with E-state index < -0.39 is 41.8 Å². The van der Waals surface area contributed by atoms with Crippen LogP contribution in [0.2, 0.25) is 0 Å². The summed E-state index contributed by atoms with van der Waals surface area (Å²) in [5.74, 6) is -3.08. The molecule has 3 atom stereocenters. The minimum Gasteiger partial charge on any atom is -0.480 e. The van der Waals surface area contributed by atoms with E-state index in [1.165, 1.54) is 25.0 Å². The van der Waals surface area contributed by atoms with Crippen LogP contribution in [0.15, 0.2) is 25.0 Å². The zero-order valence-electron chi connectivity index (χ0n) is 18.6. The van der Waals surface area contributed by atoms with Crippen LogP contribution in [-0.2, 0) is 32.0 Å². The zero-order valence-corrected chi connectivity index (χ0v) is 18.6. The molecule has 0 aliphatic carbocycles. The van der Waals surface area contributed by atoms with Gasteiger partial charge in [0, 0.05) is 36.6 Å². The van der Waals surface area contributed by atoms with E-state index in [4.69, 9.17) is 11.5 Å². The number of imidazole rings is 2. The van der Waals surface area contributed by atoms with E-state index in [-0.39, 0.29) is 25.8 Å². The molecule has 0 saturated heterocycles. The summed E-state index contributed by atoms with van der Waals surface area (Å²) in [6, 6.07) is -3.32. The number of aromatic nitrogens is 4. The summed E-state index contributed by atoms with van der Waals surface area (Å²) in [4.78, 5) is 63.0. The standard InChI is InChI=1S/C20H31N9O5/c21-4-2-1-3-14(20(33)34)28-19(32)16(6-13-9-24-11-26-13)29-18(31)15(27-17(30)7-22)5-12-8-23-10-25-12/h8-11,14-16H,1-7,21-22H2,(H,23,25)(H,24,26)(H,27,30)(H,28,32)(H,29,31)(H,33,34). The first-order valence-corrected chi connectivity index (χ1v) is 10.8. The van der Waals surface area contributed by atoms with Crippen molar-refractivity contribution in [2.24, 2.45) is 11.5 Å². The lowest BCUT2D eigenvalue weighted by atomic mass is 10.1. The molecule has 0 aliphatic rings. The van der Waals surface area contributed by atoms with Crippen LogP contribution < -0.4 is 27.4 Å². The van der Waals surface area contributed by atoms with Gasteiger partial charge in [-0.25, -0.2) is 14.8 Å². The van der Waals surface area contributed by atoms with Crippen LogP contribution >= 0.6 is 0 Å². The van der Waals surface area contributed by atoms with E-state index in [9.17, 15) is 24.3 Å². The van der Waals surface area contributed by atoms with E-state index in [0.29, 0.717) is 30.8 Å². The van der Waals surface area contributed by atoms with Crippen LogP contribution in [0.1, 0.15) is 30.7 Å². The van der Waals surface area contributed by atoms with Gasteiger partial charge in [-0.1, -0.05) is 0 Å². The highest BCUT2D eigenvalue weighted by Crippen LogP contribution is 2.06. The summed E-state index contributed by atoms with van der Waals surface area (Å²) in [7, 11) is 0. The monoisotopic (exact) mass is 477 g/mol. The number of carboxylic acid groups (broad SMARTS) is 1. The van der Waals surface area contributed by atoms with Crippen molar-refractivity contribution in [3.63, 3.8) is 0 Å². The molecule has 3 unspecified atom stereocenters. The maximum absolute atomic E-state index is 13.1. The number of carbonyl (C=O) groups is 4. The molecular weight excluding hydrogens is 446 g/mol. The van der Waals surface area contributed by atoms with Gasteiger partial charge in [-0.15, -0.1) is 0 Å². The highest BCUT2D eigenvalue weighted by atomic mass is 16.4. The summed E-state index contributed by atoms with van der Waals surface area (Å²) >= 11 is 0. The molecule has 14 nitrogen and oxygen atoms in total. The number of nitrogens with one attached hydrogen (secondary N) is 5. The van der Waals surface area contributed by atoms with Crippen LogP contribution in [0.3, 0.4) is 0 Å². The normalized spacial score (nSPS) is 13.5. The number of H-pyrrole nitrogens is 2. The Morgan fingerprint density at radius 2 is 1.38 bits per heavy atom. The number of nitrogens with two attached hydrogens (primary N) is 2. The maximum Gasteiger partial charge on any atom is 0.326 e. The molecule has 0 bridgehead atoms. The van der Waals surface area contributed by atoms with Crippen molar-refractivity contribution in [2.75, 3.05) is 13.1 Å². The predicted molar refractivity (Wildman–Crippen MR) is 120 cm³/mol. The lowest BCUT2D eigenvalue weighted by molar-refractivity contribution is -0.142. The first-order valence-electron chi connectivity index (χ1n) is 10.8. The fraction of sp³-hybridized carbons (Fsp3) is 0.500. The van der Waals surface area contributed by atoms with Gasteiger partial charge in [0.2, 0.25) is 17.7 Å². The summed E-state index contributed by atoms with van der Waals surface area (Å²) < 4.78 is 0. The summed E-state index contributed by atoms with van der Waals surface area (Å²) in [6.45, 7) is 0.0823. The average Bonchev–Trinajstić information content (AvgIpc) is 3.51. The second kappa shape index (κ2) is 13.7. The fourth-order valence-corrected chi connectivity index (χ4v) is 3.20. The minimum absolute atomic E-state index is 0.0221. The zero-order chi connectivity index (χ0) is 24.9. The summed E-state index contributed by atoms with van der Waals surface area (Å²) in [6.07, 6.45) is 7.26. The number of amides is 3. The van der Waals surface area contributed by atoms with Gasteiger partial charge in [0.05, 0.1) is 19.2 Å². The molecule has 0 fully saturated rings. The van der Waals surface area contributed by atoms with Crippen LogP contribution in [0.5, 0.6) is 0 Å². The van der Waals surface area contributed by atoms with Crippen molar-refractivity contribution in [1.82, 2.24) is 35.9 Å². The second-order valence-corrected chi connectivity index (χ2v) is 7.63. The molecule has 0 radical (unpaired) electrons. The van der Waals surface area contributed by atoms with Crippen LogP contribution in [0, 0.1) is 0 Å². The molecule has 0 aliphatic heterocycles. The van der Waals surface area contributed by atoms with Gasteiger partial charge < -0.3 is 42.5 Å². The molecule has 3 amide bonds. The van der Waals surface area contributed by atoms with Crippen molar-refractivity contribution in [1.29, 1.82) is 0 Å². The Balaban J connectivity index is 2.16. The smallest absolute Gasteiger partial charge is 0.326 e. The number of hydrogen-bond donors (Lipinski definition) is 8. The number of hydrogen-bond acceptors (Lipinski definition) is 8. The number of aliphatic carboxylic acids is 1. The van der Waals surface area contributed by atoms with Crippen molar-refractivity contribution >= 4 is 23.7 Å². The topological polar surface area (TPSA) is 234 Å². The van der Waals surface area contributed by atoms with Crippen molar-refractivity contribution in [3.05, 3.63) is 36.4 Å². The molecule has 0 spiro atoms. The molecule has 14 heteroatoms. The number of aromatic amines is 2. The van der Waals surface area contributed by atoms with Crippen molar-refractivity contribution < 1.29 is 24.3 Å². The average molecular weight is 478 g/mol. The molecule has 34 heavy (non-hydrogen) atoms. The van der Waals surface area contributed by atoms with Crippen LogP contribution in [0.4, 0.5) is 0 Å². The molecule has 0 aromatic carbocycles. The van der Waals surface area contributed by atoms with Gasteiger partial charge in [0.15, 0.2) is 0 Å². The Labute approximate surface area is 195 Å². The minimum atomic E-state index is -1.19. The number of carbonyl (C=O) groups excluding carboxylic acids is 3. The molecular formula is C20H31N9O5. The third-order valence-corrected chi connectivity index (χ3v) is 4.99. The quantitative estimate of drug-likeness (QED) is 0.127. The Morgan fingerprint density at radius 1 is 0.853 bits per heavy atom. The third-order valence-electron chi connectivity index (χ3n) is 4.99. The largest absolute Gasteiger partial charge is 0.480 e. The maximum atomic E-state index is 13.1. The summed E-state index contributed by atoms with van der Waals surface area (Å²) in [5.41, 5.74) is 11.9. The van der Waals surface area contributed by atoms with Gasteiger partial charge >= 0.3 is 5.97 Å². The third kappa shape index (κ3) is 8.63. The van der Waals surface area contributed by atoms with E-state index in [1.807, 2.05) is 0 Å². The Bertz CT molecular complexity index is 917. The van der Waals surface area contributed by atoms with Crippen molar-refractivity contribution in [3.8, 4) is 0 Å². The SMILES string of the molecule is NCCCCC(NC(=O)C(Cc1cnc[nH]1)NC(=O)C(Cc1cnc[nH]1)NC(=O)CN)C(=O)O. The lowest BCUT2D eigenvalue weighted by Crippen LogP contribution is -2.57. The second-order valence-electron chi connectivity index (χ2n) is 7.63. The Hall–Kier alpha value is -3.78. The number of rotatable bonds is 15. The van der Waals surface area contributed by atoms with E-state index in [0.717, 1.165) is 0 Å². The molecule has 10 N–H and O–H groups in total. The molecule has 0 saturated carbocycles. The Kier molecular flexibility index (Phi) is 10.7. The molecule has 2 aromatic heterocycles. The molecule has 2 heterocycles. The highest BCUT2D eigenvalue weighted by molar-refractivity contribution is 5.93. The fourth-order valence-electron chi connectivity index (χ4n) is 3.20. The van der Waals surface area contributed by atoms with E-state index in [2.05, 4.69) is 35.9 Å². The Morgan fingerprint density at radius 3 is 1.82 bits per heavy atom. The number of carboxylic acids is 1. The molecule has 2 aromatic rings. The number of nitrogens with zero attached hydrogens (tertiary/aromatic N) is 2. The van der Waals surface area contributed by atoms with Gasteiger partial charge in [-0.2, -0.15) is 0 Å². The van der Waals surface area contributed by atoms with Gasteiger partial charge in [-0.05, 0) is 25.8 Å². The van der Waals surface area contributed by atoms with E-state index >= 15 is 0 Å². The lowest BCUT2D eigenvalue weighted by Gasteiger charge is -2.24. The molecule has 186 valence electrons.